The summed E-state index contributed by atoms with van der Waals surface area (Å²) < 4.78 is 1.96. The zero-order valence-corrected chi connectivity index (χ0v) is 14.7. The molecule has 1 amide bonds. The highest BCUT2D eigenvalue weighted by atomic mass is 16.1. The lowest BCUT2D eigenvalue weighted by atomic mass is 10.1. The fraction of sp³-hybridized carbons (Fsp3) is 0.400. The molecule has 1 unspecified atom stereocenters. The van der Waals surface area contributed by atoms with Crippen LogP contribution < -0.4 is 5.32 Å². The first-order valence-corrected chi connectivity index (χ1v) is 9.07. The fourth-order valence-corrected chi connectivity index (χ4v) is 3.51. The maximum atomic E-state index is 12.4. The van der Waals surface area contributed by atoms with E-state index in [4.69, 9.17) is 0 Å². The van der Waals surface area contributed by atoms with Crippen LogP contribution in [0.25, 0.3) is 10.9 Å². The summed E-state index contributed by atoms with van der Waals surface area (Å²) in [6.07, 6.45) is 9.51. The number of carbonyl (C=O) groups excluding carboxylic acids is 1. The van der Waals surface area contributed by atoms with Gasteiger partial charge in [0, 0.05) is 23.3 Å². The molecule has 130 valence electrons. The van der Waals surface area contributed by atoms with Crippen molar-refractivity contribution >= 4 is 22.5 Å². The molecule has 3 aromatic rings. The number of aromatic nitrogens is 3. The topological polar surface area (TPSA) is 62.7 Å². The van der Waals surface area contributed by atoms with Gasteiger partial charge >= 0.3 is 0 Å². The summed E-state index contributed by atoms with van der Waals surface area (Å²) in [6.45, 7) is 4.33. The molecule has 1 aliphatic carbocycles. The largest absolute Gasteiger partial charge is 0.361 e. The first-order chi connectivity index (χ1) is 12.2. The Balaban J connectivity index is 1.46. The van der Waals surface area contributed by atoms with Crippen LogP contribution in [0.5, 0.6) is 0 Å². The minimum Gasteiger partial charge on any atom is -0.361 e. The van der Waals surface area contributed by atoms with Gasteiger partial charge in [0.2, 0.25) is 5.91 Å². The van der Waals surface area contributed by atoms with Gasteiger partial charge in [-0.1, -0.05) is 25.1 Å². The van der Waals surface area contributed by atoms with Gasteiger partial charge in [-0.2, -0.15) is 5.10 Å². The molecule has 2 aromatic heterocycles. The van der Waals surface area contributed by atoms with Crippen LogP contribution >= 0.6 is 0 Å². The predicted molar refractivity (Wildman–Crippen MR) is 99.7 cm³/mol. The van der Waals surface area contributed by atoms with Gasteiger partial charge in [0.25, 0.3) is 0 Å². The Bertz CT molecular complexity index is 903. The van der Waals surface area contributed by atoms with E-state index in [0.717, 1.165) is 34.5 Å². The van der Waals surface area contributed by atoms with Crippen LogP contribution in [0.1, 0.15) is 43.9 Å². The summed E-state index contributed by atoms with van der Waals surface area (Å²) in [5.74, 6) is 0.726. The summed E-state index contributed by atoms with van der Waals surface area (Å²) in [4.78, 5) is 15.8. The molecular weight excluding hydrogens is 312 g/mol. The number of amides is 1. The molecule has 1 saturated carbocycles. The van der Waals surface area contributed by atoms with Gasteiger partial charge in [-0.25, -0.2) is 0 Å². The first-order valence-electron chi connectivity index (χ1n) is 9.07. The number of anilines is 1. The highest BCUT2D eigenvalue weighted by Gasteiger charge is 2.29. The molecule has 1 fully saturated rings. The van der Waals surface area contributed by atoms with Gasteiger partial charge in [0.1, 0.15) is 0 Å². The second-order valence-electron chi connectivity index (χ2n) is 7.02. The van der Waals surface area contributed by atoms with Crippen LogP contribution in [0.2, 0.25) is 0 Å². The predicted octanol–water partition coefficient (Wildman–Crippen LogP) is 4.08. The molecule has 0 spiro atoms. The van der Waals surface area contributed by atoms with Crippen LogP contribution in [-0.4, -0.2) is 20.7 Å². The van der Waals surface area contributed by atoms with Crippen molar-refractivity contribution in [2.45, 2.75) is 45.6 Å². The van der Waals surface area contributed by atoms with Crippen LogP contribution in [0.4, 0.5) is 5.69 Å². The van der Waals surface area contributed by atoms with Crippen LogP contribution in [0.15, 0.2) is 36.8 Å². The van der Waals surface area contributed by atoms with Gasteiger partial charge in [0.05, 0.1) is 24.3 Å². The van der Waals surface area contributed by atoms with Crippen molar-refractivity contribution in [2.75, 3.05) is 5.32 Å². The van der Waals surface area contributed by atoms with Gasteiger partial charge in [-0.3, -0.25) is 9.48 Å². The molecule has 4 rings (SSSR count). The smallest absolute Gasteiger partial charge is 0.228 e. The maximum absolute atomic E-state index is 12.4. The number of H-pyrrole nitrogens is 1. The first kappa shape index (κ1) is 15.9. The van der Waals surface area contributed by atoms with Crippen molar-refractivity contribution in [1.82, 2.24) is 14.8 Å². The summed E-state index contributed by atoms with van der Waals surface area (Å²) in [5, 5.41) is 8.50. The molecule has 0 radical (unpaired) electrons. The number of nitrogens with one attached hydrogen (secondary N) is 2. The number of fused-ring (bicyclic) bond motifs is 1. The van der Waals surface area contributed by atoms with Gasteiger partial charge < -0.3 is 10.3 Å². The number of hydrogen-bond donors (Lipinski definition) is 2. The van der Waals surface area contributed by atoms with Crippen LogP contribution in [0, 0.1) is 5.92 Å². The fourth-order valence-electron chi connectivity index (χ4n) is 3.51. The zero-order valence-electron chi connectivity index (χ0n) is 14.7. The molecule has 0 saturated heterocycles. The average molecular weight is 336 g/mol. The molecule has 1 aliphatic rings. The quantitative estimate of drug-likeness (QED) is 0.712. The second-order valence-corrected chi connectivity index (χ2v) is 7.02. The summed E-state index contributed by atoms with van der Waals surface area (Å²) in [7, 11) is 0. The molecule has 25 heavy (non-hydrogen) atoms. The number of aromatic amines is 1. The third-order valence-electron chi connectivity index (χ3n) is 5.23. The lowest BCUT2D eigenvalue weighted by Gasteiger charge is -2.09. The monoisotopic (exact) mass is 336 g/mol. The lowest BCUT2D eigenvalue weighted by Crippen LogP contribution is -2.14. The number of benzene rings is 1. The Labute approximate surface area is 147 Å². The number of rotatable bonds is 6. The van der Waals surface area contributed by atoms with E-state index in [1.54, 1.807) is 6.20 Å². The number of carbonyl (C=O) groups is 1. The molecular formula is C20H24N4O. The molecule has 1 aromatic carbocycles. The standard InChI is InChI=1S/C20H24N4O/c1-3-14-5-4-6-18-16(10-21-20(14)18)9-19(25)23-17-11-22-24(12-17)13(2)15-7-8-15/h4-6,10-13,15,21H,3,7-9H2,1-2H3,(H,23,25). The van der Waals surface area contributed by atoms with Crippen molar-refractivity contribution in [3.63, 3.8) is 0 Å². The van der Waals surface area contributed by atoms with Gasteiger partial charge in [0.15, 0.2) is 0 Å². The van der Waals surface area contributed by atoms with E-state index < -0.39 is 0 Å². The van der Waals surface area contributed by atoms with E-state index in [1.165, 1.54) is 18.4 Å². The minimum absolute atomic E-state index is 0.0126. The molecule has 5 nitrogen and oxygen atoms in total. The normalized spacial score (nSPS) is 15.4. The Morgan fingerprint density at radius 3 is 3.00 bits per heavy atom. The number of nitrogens with zero attached hydrogens (tertiary/aromatic N) is 2. The van der Waals surface area contributed by atoms with Crippen molar-refractivity contribution in [3.05, 3.63) is 47.9 Å². The van der Waals surface area contributed by atoms with E-state index in [9.17, 15) is 4.79 Å². The van der Waals surface area contributed by atoms with Crippen molar-refractivity contribution < 1.29 is 4.79 Å². The Morgan fingerprint density at radius 1 is 1.40 bits per heavy atom. The van der Waals surface area contributed by atoms with Crippen molar-refractivity contribution in [2.24, 2.45) is 5.92 Å². The zero-order chi connectivity index (χ0) is 17.4. The molecule has 5 heteroatoms. The number of hydrogen-bond acceptors (Lipinski definition) is 2. The maximum Gasteiger partial charge on any atom is 0.228 e. The Hall–Kier alpha value is -2.56. The van der Waals surface area contributed by atoms with E-state index in [0.29, 0.717) is 12.5 Å². The van der Waals surface area contributed by atoms with Crippen LogP contribution in [-0.2, 0) is 17.6 Å². The molecule has 0 bridgehead atoms. The number of para-hydroxylation sites is 1. The summed E-state index contributed by atoms with van der Waals surface area (Å²) in [6, 6.07) is 6.66. The molecule has 1 atom stereocenters. The Kier molecular flexibility index (Phi) is 4.07. The minimum atomic E-state index is -0.0126. The van der Waals surface area contributed by atoms with Gasteiger partial charge in [-0.05, 0) is 43.2 Å². The average Bonchev–Trinajstić information content (AvgIpc) is 3.24. The summed E-state index contributed by atoms with van der Waals surface area (Å²) in [5.41, 5.74) is 4.21. The van der Waals surface area contributed by atoms with Crippen molar-refractivity contribution in [1.29, 1.82) is 0 Å². The third-order valence-corrected chi connectivity index (χ3v) is 5.23. The molecule has 0 aliphatic heterocycles. The lowest BCUT2D eigenvalue weighted by molar-refractivity contribution is -0.115. The van der Waals surface area contributed by atoms with Crippen molar-refractivity contribution in [3.8, 4) is 0 Å². The van der Waals surface area contributed by atoms with E-state index >= 15 is 0 Å². The molecule has 2 heterocycles. The number of aryl methyl sites for hydroxylation is 1. The van der Waals surface area contributed by atoms with Crippen LogP contribution in [0.3, 0.4) is 0 Å². The van der Waals surface area contributed by atoms with E-state index in [1.807, 2.05) is 17.1 Å². The Morgan fingerprint density at radius 2 is 2.24 bits per heavy atom. The summed E-state index contributed by atoms with van der Waals surface area (Å²) >= 11 is 0. The molecule has 2 N–H and O–H groups in total. The second kappa shape index (κ2) is 6.39. The third kappa shape index (κ3) is 3.18. The highest BCUT2D eigenvalue weighted by Crippen LogP contribution is 2.39. The van der Waals surface area contributed by atoms with Gasteiger partial charge in [-0.15, -0.1) is 0 Å². The SMILES string of the molecule is CCc1cccc2c(CC(=O)Nc3cnn(C(C)C4CC4)c3)c[nH]c12. The van der Waals surface area contributed by atoms with E-state index in [2.05, 4.69) is 47.4 Å². The highest BCUT2D eigenvalue weighted by molar-refractivity contribution is 5.96. The van der Waals surface area contributed by atoms with E-state index in [-0.39, 0.29) is 5.91 Å².